The maximum atomic E-state index is 10.6. The van der Waals surface area contributed by atoms with Crippen molar-refractivity contribution < 1.29 is 24.9 Å². The summed E-state index contributed by atoms with van der Waals surface area (Å²) in [7, 11) is 0. The van der Waals surface area contributed by atoms with Crippen LogP contribution in [0.25, 0.3) is 0 Å². The first-order valence-electron chi connectivity index (χ1n) is 11.7. The Bertz CT molecular complexity index is 400. The van der Waals surface area contributed by atoms with Crippen molar-refractivity contribution in [2.24, 2.45) is 11.8 Å². The Labute approximate surface area is 171 Å². The van der Waals surface area contributed by atoms with Crippen LogP contribution in [0.15, 0.2) is 0 Å². The molecule has 5 nitrogen and oxygen atoms in total. The van der Waals surface area contributed by atoms with E-state index in [1.807, 2.05) is 0 Å². The lowest BCUT2D eigenvalue weighted by atomic mass is 9.84. The molecule has 0 heterocycles. The first-order valence-corrected chi connectivity index (χ1v) is 11.7. The first-order chi connectivity index (χ1) is 13.5. The highest BCUT2D eigenvalue weighted by Crippen LogP contribution is 2.41. The zero-order valence-electron chi connectivity index (χ0n) is 18.2. The number of aliphatic carboxylic acids is 1. The molecule has 1 unspecified atom stereocenters. The molecule has 0 aliphatic heterocycles. The Morgan fingerprint density at radius 2 is 1.71 bits per heavy atom. The number of hydrogen-bond acceptors (Lipinski definition) is 4. The van der Waals surface area contributed by atoms with E-state index < -0.39 is 5.97 Å². The van der Waals surface area contributed by atoms with Gasteiger partial charge in [-0.15, -0.1) is 0 Å². The smallest absolute Gasteiger partial charge is 0.303 e. The summed E-state index contributed by atoms with van der Waals surface area (Å²) < 4.78 is 6.06. The molecule has 0 aromatic carbocycles. The third kappa shape index (κ3) is 10.2. The van der Waals surface area contributed by atoms with Gasteiger partial charge in [-0.05, 0) is 50.4 Å². The van der Waals surface area contributed by atoms with Gasteiger partial charge in [0.15, 0.2) is 0 Å². The second kappa shape index (κ2) is 15.2. The number of rotatable bonds is 17. The van der Waals surface area contributed by atoms with Gasteiger partial charge in [-0.1, -0.05) is 52.4 Å². The predicted octanol–water partition coefficient (Wildman–Crippen LogP) is 4.93. The van der Waals surface area contributed by atoms with E-state index in [2.05, 4.69) is 13.8 Å². The summed E-state index contributed by atoms with van der Waals surface area (Å²) in [6, 6.07) is 0. The molecule has 0 amide bonds. The monoisotopic (exact) mass is 400 g/mol. The molecule has 0 saturated heterocycles. The van der Waals surface area contributed by atoms with Crippen molar-refractivity contribution in [2.75, 3.05) is 6.61 Å². The summed E-state index contributed by atoms with van der Waals surface area (Å²) >= 11 is 0. The van der Waals surface area contributed by atoms with Gasteiger partial charge in [-0.3, -0.25) is 4.79 Å². The maximum absolute atomic E-state index is 10.6. The average molecular weight is 401 g/mol. The summed E-state index contributed by atoms with van der Waals surface area (Å²) in [5.41, 5.74) is 0. The summed E-state index contributed by atoms with van der Waals surface area (Å²) in [6.45, 7) is 5.01. The number of carbonyl (C=O) groups is 1. The number of aliphatic hydroxyl groups excluding tert-OH is 2. The van der Waals surface area contributed by atoms with Crippen LogP contribution in [0.5, 0.6) is 0 Å². The van der Waals surface area contributed by atoms with Gasteiger partial charge < -0.3 is 20.1 Å². The van der Waals surface area contributed by atoms with Crippen LogP contribution in [0, 0.1) is 11.8 Å². The molecule has 0 aromatic rings. The number of aliphatic hydroxyl groups is 2. The zero-order chi connectivity index (χ0) is 20.8. The Hall–Kier alpha value is -0.650. The minimum absolute atomic E-state index is 0.106. The molecule has 0 aromatic heterocycles. The fourth-order valence-corrected chi connectivity index (χ4v) is 4.58. The molecule has 5 atom stereocenters. The Balaban J connectivity index is 2.46. The molecular formula is C23H44O5. The molecule has 3 N–H and O–H groups in total. The number of hydrogen-bond donors (Lipinski definition) is 3. The third-order valence-corrected chi connectivity index (χ3v) is 6.18. The molecule has 1 aliphatic rings. The maximum Gasteiger partial charge on any atom is 0.303 e. The van der Waals surface area contributed by atoms with E-state index in [9.17, 15) is 15.0 Å². The number of carboxylic acid groups (broad SMARTS) is 1. The number of ether oxygens (including phenoxy) is 1. The second-order valence-corrected chi connectivity index (χ2v) is 8.61. The Morgan fingerprint density at radius 3 is 2.39 bits per heavy atom. The van der Waals surface area contributed by atoms with E-state index in [-0.39, 0.29) is 30.7 Å². The Morgan fingerprint density at radius 1 is 0.964 bits per heavy atom. The largest absolute Gasteiger partial charge is 0.481 e. The van der Waals surface area contributed by atoms with Crippen molar-refractivity contribution in [1.29, 1.82) is 0 Å². The molecule has 166 valence electrons. The lowest BCUT2D eigenvalue weighted by Gasteiger charge is -2.27. The fraction of sp³-hybridized carbons (Fsp3) is 0.957. The SMILES string of the molecule is CCCCCC(O)CC[C@@H]1[C@@H](CCCCCCC(=O)O)[C@@H](O)C[C@H]1OCCC. The predicted molar refractivity (Wildman–Crippen MR) is 112 cm³/mol. The van der Waals surface area contributed by atoms with Gasteiger partial charge in [0.05, 0.1) is 18.3 Å². The van der Waals surface area contributed by atoms with Gasteiger partial charge in [0.2, 0.25) is 0 Å². The number of unbranched alkanes of at least 4 members (excludes halogenated alkanes) is 5. The van der Waals surface area contributed by atoms with Gasteiger partial charge in [-0.25, -0.2) is 0 Å². The molecular weight excluding hydrogens is 356 g/mol. The molecule has 1 aliphatic carbocycles. The van der Waals surface area contributed by atoms with Crippen molar-refractivity contribution in [2.45, 2.75) is 122 Å². The van der Waals surface area contributed by atoms with Crippen LogP contribution in [0.4, 0.5) is 0 Å². The second-order valence-electron chi connectivity index (χ2n) is 8.61. The number of carboxylic acids is 1. The summed E-state index contributed by atoms with van der Waals surface area (Å²) in [5.74, 6) is -0.162. The van der Waals surface area contributed by atoms with E-state index in [4.69, 9.17) is 9.84 Å². The highest BCUT2D eigenvalue weighted by molar-refractivity contribution is 5.66. The van der Waals surface area contributed by atoms with Gasteiger partial charge in [0.25, 0.3) is 0 Å². The zero-order valence-corrected chi connectivity index (χ0v) is 18.2. The summed E-state index contributed by atoms with van der Waals surface area (Å²) in [6.07, 6.45) is 12.2. The van der Waals surface area contributed by atoms with Crippen LogP contribution in [0.1, 0.15) is 104 Å². The minimum Gasteiger partial charge on any atom is -0.481 e. The topological polar surface area (TPSA) is 87.0 Å². The average Bonchev–Trinajstić information content (AvgIpc) is 2.95. The van der Waals surface area contributed by atoms with Gasteiger partial charge >= 0.3 is 5.97 Å². The van der Waals surface area contributed by atoms with E-state index in [0.717, 1.165) is 70.8 Å². The highest BCUT2D eigenvalue weighted by atomic mass is 16.5. The van der Waals surface area contributed by atoms with Crippen LogP contribution in [-0.4, -0.2) is 46.2 Å². The van der Waals surface area contributed by atoms with E-state index in [0.29, 0.717) is 12.3 Å². The van der Waals surface area contributed by atoms with Crippen molar-refractivity contribution in [3.63, 3.8) is 0 Å². The van der Waals surface area contributed by atoms with Crippen LogP contribution < -0.4 is 0 Å². The van der Waals surface area contributed by atoms with Crippen molar-refractivity contribution >= 4 is 5.97 Å². The molecule has 1 saturated carbocycles. The van der Waals surface area contributed by atoms with Crippen LogP contribution in [0.3, 0.4) is 0 Å². The van der Waals surface area contributed by atoms with Gasteiger partial charge in [0, 0.05) is 19.4 Å². The van der Waals surface area contributed by atoms with Crippen molar-refractivity contribution in [3.05, 3.63) is 0 Å². The van der Waals surface area contributed by atoms with Crippen molar-refractivity contribution in [3.8, 4) is 0 Å². The molecule has 1 fully saturated rings. The lowest BCUT2D eigenvalue weighted by Crippen LogP contribution is -2.25. The fourth-order valence-electron chi connectivity index (χ4n) is 4.58. The lowest BCUT2D eigenvalue weighted by molar-refractivity contribution is -0.137. The summed E-state index contributed by atoms with van der Waals surface area (Å²) in [4.78, 5) is 10.6. The van der Waals surface area contributed by atoms with E-state index >= 15 is 0 Å². The van der Waals surface area contributed by atoms with Crippen LogP contribution in [0.2, 0.25) is 0 Å². The minimum atomic E-state index is -0.723. The van der Waals surface area contributed by atoms with E-state index in [1.54, 1.807) is 0 Å². The molecule has 0 spiro atoms. The van der Waals surface area contributed by atoms with Crippen molar-refractivity contribution in [1.82, 2.24) is 0 Å². The molecule has 28 heavy (non-hydrogen) atoms. The van der Waals surface area contributed by atoms with E-state index in [1.165, 1.54) is 12.8 Å². The van der Waals surface area contributed by atoms with Gasteiger partial charge in [-0.2, -0.15) is 0 Å². The molecule has 0 bridgehead atoms. The Kier molecular flexibility index (Phi) is 13.8. The molecule has 1 rings (SSSR count). The standard InChI is InChI=1S/C23H44O5/c1-3-5-8-11-18(24)14-15-20-19(12-9-6-7-10-13-23(26)27)21(25)17-22(20)28-16-4-2/h18-22,24-25H,3-17H2,1-2H3,(H,26,27)/t18?,19-,20-,21+,22-/m1/s1. The first kappa shape index (κ1) is 25.4. The van der Waals surface area contributed by atoms with Crippen LogP contribution >= 0.6 is 0 Å². The third-order valence-electron chi connectivity index (χ3n) is 6.18. The van der Waals surface area contributed by atoms with Gasteiger partial charge in [0.1, 0.15) is 0 Å². The summed E-state index contributed by atoms with van der Waals surface area (Å²) in [5, 5.41) is 29.7. The molecule has 0 radical (unpaired) electrons. The normalized spacial score (nSPS) is 25.9. The quantitative estimate of drug-likeness (QED) is 0.302. The molecule has 5 heteroatoms. The van der Waals surface area contributed by atoms with Crippen LogP contribution in [-0.2, 0) is 9.53 Å². The highest BCUT2D eigenvalue weighted by Gasteiger charge is 2.42.